The van der Waals surface area contributed by atoms with E-state index in [9.17, 15) is 14.7 Å². The second kappa shape index (κ2) is 5.74. The minimum absolute atomic E-state index is 0.262. The van der Waals surface area contributed by atoms with E-state index in [0.717, 1.165) is 17.9 Å². The van der Waals surface area contributed by atoms with Crippen LogP contribution < -0.4 is 5.32 Å². The van der Waals surface area contributed by atoms with Gasteiger partial charge in [0, 0.05) is 17.8 Å². The number of carboxylic acid groups (broad SMARTS) is 1. The molecule has 3 rings (SSSR count). The Bertz CT molecular complexity index is 797. The highest BCUT2D eigenvalue weighted by molar-refractivity contribution is 6.00. The van der Waals surface area contributed by atoms with Crippen molar-refractivity contribution in [1.29, 1.82) is 0 Å². The first-order valence-electron chi connectivity index (χ1n) is 7.88. The third-order valence-corrected chi connectivity index (χ3v) is 4.72. The second-order valence-corrected chi connectivity index (χ2v) is 6.63. The zero-order chi connectivity index (χ0) is 17.5. The van der Waals surface area contributed by atoms with Gasteiger partial charge in [-0.05, 0) is 24.5 Å². The lowest BCUT2D eigenvalue weighted by Crippen LogP contribution is -2.17. The van der Waals surface area contributed by atoms with E-state index in [4.69, 9.17) is 0 Å². The average molecular weight is 328 g/mol. The van der Waals surface area contributed by atoms with Gasteiger partial charge in [0.15, 0.2) is 5.82 Å². The molecule has 1 aromatic heterocycles. The minimum Gasteiger partial charge on any atom is -0.481 e. The molecular weight excluding hydrogens is 308 g/mol. The van der Waals surface area contributed by atoms with E-state index in [2.05, 4.69) is 15.5 Å². The second-order valence-electron chi connectivity index (χ2n) is 6.63. The van der Waals surface area contributed by atoms with Gasteiger partial charge >= 0.3 is 5.97 Å². The fourth-order valence-electron chi connectivity index (χ4n) is 3.25. The van der Waals surface area contributed by atoms with Crippen LogP contribution >= 0.6 is 0 Å². The maximum Gasteiger partial charge on any atom is 0.307 e. The minimum atomic E-state index is -0.926. The molecule has 1 aromatic carbocycles. The highest BCUT2D eigenvalue weighted by Crippen LogP contribution is 2.58. The van der Waals surface area contributed by atoms with Crippen LogP contribution in [0.25, 0.3) is 11.4 Å². The van der Waals surface area contributed by atoms with Crippen LogP contribution in [0, 0.1) is 17.3 Å². The first-order chi connectivity index (χ1) is 11.4. The van der Waals surface area contributed by atoms with E-state index in [1.54, 1.807) is 26.2 Å². The van der Waals surface area contributed by atoms with Crippen LogP contribution in [-0.2, 0) is 16.1 Å². The first kappa shape index (κ1) is 16.2. The van der Waals surface area contributed by atoms with Crippen molar-refractivity contribution in [2.24, 2.45) is 17.3 Å². The zero-order valence-electron chi connectivity index (χ0n) is 13.9. The molecule has 126 valence electrons. The van der Waals surface area contributed by atoms with Crippen molar-refractivity contribution in [3.8, 4) is 11.4 Å². The number of carboxylic acids is 1. The monoisotopic (exact) mass is 328 g/mol. The van der Waals surface area contributed by atoms with Gasteiger partial charge in [-0.25, -0.2) is 0 Å². The summed E-state index contributed by atoms with van der Waals surface area (Å²) in [5, 5.41) is 20.0. The summed E-state index contributed by atoms with van der Waals surface area (Å²) in [6.45, 7) is 6.35. The number of rotatable bonds is 5. The molecule has 0 saturated heterocycles. The van der Waals surface area contributed by atoms with Crippen LogP contribution in [0.15, 0.2) is 30.6 Å². The first-order valence-corrected chi connectivity index (χ1v) is 7.88. The van der Waals surface area contributed by atoms with Crippen molar-refractivity contribution in [3.63, 3.8) is 0 Å². The number of hydrogen-bond donors (Lipinski definition) is 2. The molecule has 0 radical (unpaired) electrons. The third kappa shape index (κ3) is 2.66. The lowest BCUT2D eigenvalue weighted by atomic mass is 10.1. The van der Waals surface area contributed by atoms with Gasteiger partial charge in [-0.3, -0.25) is 9.59 Å². The summed E-state index contributed by atoms with van der Waals surface area (Å²) >= 11 is 0. The van der Waals surface area contributed by atoms with E-state index in [0.29, 0.717) is 5.69 Å². The Morgan fingerprint density at radius 3 is 2.71 bits per heavy atom. The standard InChI is InChI=1S/C17H20N4O3/c1-4-21-9-18-20-14(21)10-6-5-7-11(8-10)19-15(22)12-13(16(23)24)17(12,2)3/h5-9,12-13H,4H2,1-3H3,(H,19,22)(H,23,24)/t12-,13+/m0/s1. The predicted molar refractivity (Wildman–Crippen MR) is 88.2 cm³/mol. The lowest BCUT2D eigenvalue weighted by molar-refractivity contribution is -0.140. The topological polar surface area (TPSA) is 97.1 Å². The molecule has 7 heteroatoms. The predicted octanol–water partition coefficient (Wildman–Crippen LogP) is 2.26. The van der Waals surface area contributed by atoms with Crippen molar-refractivity contribution in [2.75, 3.05) is 5.32 Å². The van der Waals surface area contributed by atoms with E-state index in [1.165, 1.54) is 0 Å². The molecule has 0 unspecified atom stereocenters. The SMILES string of the molecule is CCn1cnnc1-c1cccc(NC(=O)[C@@H]2[C@H](C(=O)O)C2(C)C)c1. The maximum absolute atomic E-state index is 12.4. The highest BCUT2D eigenvalue weighted by Gasteiger charge is 2.65. The van der Waals surface area contributed by atoms with E-state index < -0.39 is 23.2 Å². The average Bonchev–Trinajstić information content (AvgIpc) is 2.90. The summed E-state index contributed by atoms with van der Waals surface area (Å²) in [6.07, 6.45) is 1.66. The van der Waals surface area contributed by atoms with E-state index in [-0.39, 0.29) is 5.91 Å². The number of anilines is 1. The van der Waals surface area contributed by atoms with Gasteiger partial charge in [0.25, 0.3) is 0 Å². The molecule has 0 bridgehead atoms. The third-order valence-electron chi connectivity index (χ3n) is 4.72. The van der Waals surface area contributed by atoms with Crippen LogP contribution in [0.5, 0.6) is 0 Å². The van der Waals surface area contributed by atoms with Crippen molar-refractivity contribution >= 4 is 17.6 Å². The smallest absolute Gasteiger partial charge is 0.307 e. The summed E-state index contributed by atoms with van der Waals surface area (Å²) in [6, 6.07) is 7.32. The molecule has 1 heterocycles. The van der Waals surface area contributed by atoms with Gasteiger partial charge in [0.2, 0.25) is 5.91 Å². The van der Waals surface area contributed by atoms with Crippen LogP contribution in [0.1, 0.15) is 20.8 Å². The van der Waals surface area contributed by atoms with Gasteiger partial charge in [0.1, 0.15) is 6.33 Å². The summed E-state index contributed by atoms with van der Waals surface area (Å²) < 4.78 is 1.91. The van der Waals surface area contributed by atoms with Crippen LogP contribution in [-0.4, -0.2) is 31.7 Å². The number of carbonyl (C=O) groups excluding carboxylic acids is 1. The van der Waals surface area contributed by atoms with Gasteiger partial charge in [-0.15, -0.1) is 10.2 Å². The normalized spacial score (nSPS) is 21.3. The molecule has 1 amide bonds. The molecule has 2 aromatic rings. The molecule has 24 heavy (non-hydrogen) atoms. The number of aryl methyl sites for hydroxylation is 1. The zero-order valence-corrected chi connectivity index (χ0v) is 13.9. The molecular formula is C17H20N4O3. The Hall–Kier alpha value is -2.70. The summed E-state index contributed by atoms with van der Waals surface area (Å²) in [7, 11) is 0. The number of nitrogens with one attached hydrogen (secondary N) is 1. The van der Waals surface area contributed by atoms with Crippen LogP contribution in [0.2, 0.25) is 0 Å². The molecule has 0 aliphatic heterocycles. The largest absolute Gasteiger partial charge is 0.481 e. The molecule has 7 nitrogen and oxygen atoms in total. The number of benzene rings is 1. The molecule has 2 N–H and O–H groups in total. The Morgan fingerprint density at radius 2 is 2.08 bits per heavy atom. The lowest BCUT2D eigenvalue weighted by Gasteiger charge is -2.08. The van der Waals surface area contributed by atoms with Crippen LogP contribution in [0.4, 0.5) is 5.69 Å². The Balaban J connectivity index is 1.79. The van der Waals surface area contributed by atoms with Gasteiger partial charge in [-0.2, -0.15) is 0 Å². The maximum atomic E-state index is 12.4. The molecule has 1 saturated carbocycles. The number of nitrogens with zero attached hydrogens (tertiary/aromatic N) is 3. The number of carbonyl (C=O) groups is 2. The van der Waals surface area contributed by atoms with Crippen molar-refractivity contribution < 1.29 is 14.7 Å². The number of aliphatic carboxylic acids is 1. The van der Waals surface area contributed by atoms with Crippen LogP contribution in [0.3, 0.4) is 0 Å². The quantitative estimate of drug-likeness (QED) is 0.877. The van der Waals surface area contributed by atoms with E-state index in [1.807, 2.05) is 29.7 Å². The molecule has 1 fully saturated rings. The van der Waals surface area contributed by atoms with E-state index >= 15 is 0 Å². The number of hydrogen-bond acceptors (Lipinski definition) is 4. The Kier molecular flexibility index (Phi) is 3.87. The Morgan fingerprint density at radius 1 is 1.33 bits per heavy atom. The molecule has 0 spiro atoms. The molecule has 1 aliphatic carbocycles. The van der Waals surface area contributed by atoms with Gasteiger partial charge in [-0.1, -0.05) is 26.0 Å². The fraction of sp³-hybridized carbons (Fsp3) is 0.412. The van der Waals surface area contributed by atoms with Crippen molar-refractivity contribution in [1.82, 2.24) is 14.8 Å². The highest BCUT2D eigenvalue weighted by atomic mass is 16.4. The number of amides is 1. The van der Waals surface area contributed by atoms with Crippen molar-refractivity contribution in [3.05, 3.63) is 30.6 Å². The van der Waals surface area contributed by atoms with Gasteiger partial charge in [0.05, 0.1) is 11.8 Å². The molecule has 2 atom stereocenters. The van der Waals surface area contributed by atoms with Crippen molar-refractivity contribution in [2.45, 2.75) is 27.3 Å². The summed E-state index contributed by atoms with van der Waals surface area (Å²) in [4.78, 5) is 23.6. The summed E-state index contributed by atoms with van der Waals surface area (Å²) in [5.41, 5.74) is 0.947. The summed E-state index contributed by atoms with van der Waals surface area (Å²) in [5.74, 6) is -1.61. The molecule has 1 aliphatic rings. The number of aromatic nitrogens is 3. The Labute approximate surface area is 139 Å². The van der Waals surface area contributed by atoms with Gasteiger partial charge < -0.3 is 15.0 Å². The fourth-order valence-corrected chi connectivity index (χ4v) is 3.25.